The van der Waals surface area contributed by atoms with E-state index in [9.17, 15) is 0 Å². The quantitative estimate of drug-likeness (QED) is 0.248. The van der Waals surface area contributed by atoms with Crippen molar-refractivity contribution >= 4 is 29.9 Å². The molecule has 0 aliphatic rings. The first-order valence-corrected chi connectivity index (χ1v) is 9.94. The predicted octanol–water partition coefficient (Wildman–Crippen LogP) is 3.42. The van der Waals surface area contributed by atoms with Crippen molar-refractivity contribution in [1.29, 1.82) is 0 Å². The second kappa shape index (κ2) is 12.8. The van der Waals surface area contributed by atoms with Crippen LogP contribution in [0.5, 0.6) is 11.5 Å². The Balaban J connectivity index is 0.00000341. The Morgan fingerprint density at radius 2 is 1.90 bits per heavy atom. The van der Waals surface area contributed by atoms with E-state index < -0.39 is 0 Å². The zero-order chi connectivity index (χ0) is 21.2. The highest BCUT2D eigenvalue weighted by Gasteiger charge is 2.07. The number of nitrogens with zero attached hydrogens (tertiary/aromatic N) is 4. The molecule has 0 radical (unpaired) electrons. The zero-order valence-corrected chi connectivity index (χ0v) is 20.3. The van der Waals surface area contributed by atoms with E-state index in [1.54, 1.807) is 18.1 Å². The van der Waals surface area contributed by atoms with Crippen LogP contribution in [-0.2, 0) is 6.54 Å². The van der Waals surface area contributed by atoms with E-state index in [2.05, 4.69) is 25.7 Å². The topological polar surface area (TPSA) is 85.6 Å². The molecule has 2 aromatic carbocycles. The van der Waals surface area contributed by atoms with Gasteiger partial charge in [0, 0.05) is 12.6 Å². The van der Waals surface area contributed by atoms with E-state index in [1.165, 1.54) is 6.33 Å². The van der Waals surface area contributed by atoms with E-state index >= 15 is 0 Å². The van der Waals surface area contributed by atoms with E-state index in [1.807, 2.05) is 62.4 Å². The Bertz CT molecular complexity index is 931. The van der Waals surface area contributed by atoms with Crippen LogP contribution in [0.2, 0.25) is 0 Å². The van der Waals surface area contributed by atoms with Crippen LogP contribution in [0.1, 0.15) is 19.4 Å². The van der Waals surface area contributed by atoms with Crippen LogP contribution in [0.3, 0.4) is 0 Å². The predicted molar refractivity (Wildman–Crippen MR) is 133 cm³/mol. The van der Waals surface area contributed by atoms with Gasteiger partial charge in [-0.3, -0.25) is 0 Å². The minimum Gasteiger partial charge on any atom is -0.497 e. The Labute approximate surface area is 200 Å². The van der Waals surface area contributed by atoms with Gasteiger partial charge >= 0.3 is 0 Å². The third-order valence-electron chi connectivity index (χ3n) is 4.32. The minimum atomic E-state index is -0.0390. The van der Waals surface area contributed by atoms with Crippen molar-refractivity contribution in [2.45, 2.75) is 26.5 Å². The van der Waals surface area contributed by atoms with Gasteiger partial charge in [0.25, 0.3) is 0 Å². The second-order valence-corrected chi connectivity index (χ2v) is 6.69. The highest BCUT2D eigenvalue weighted by atomic mass is 127. The number of hydrogen-bond donors (Lipinski definition) is 2. The number of nitrogens with one attached hydrogen (secondary N) is 2. The van der Waals surface area contributed by atoms with E-state index in [0.717, 1.165) is 35.3 Å². The lowest BCUT2D eigenvalue weighted by molar-refractivity contribution is 0.223. The molecule has 0 aliphatic heterocycles. The van der Waals surface area contributed by atoms with Crippen LogP contribution in [0, 0.1) is 0 Å². The van der Waals surface area contributed by atoms with Crippen LogP contribution in [0.4, 0.5) is 0 Å². The standard InChI is InChI=1S/C22H28N6O2.HI/c1-4-24-22(25-13-17(2)30-21-7-5-6-20(12-21)29-3)26-14-18-8-10-19(11-9-18)28-16-23-15-27-28;/h5-12,15-17H,4,13-14H2,1-3H3,(H2,24,25,26);1H. The molecule has 0 saturated heterocycles. The summed E-state index contributed by atoms with van der Waals surface area (Å²) >= 11 is 0. The average molecular weight is 536 g/mol. The third-order valence-corrected chi connectivity index (χ3v) is 4.32. The molecule has 1 atom stereocenters. The number of ether oxygens (including phenoxy) is 2. The van der Waals surface area contributed by atoms with E-state index in [0.29, 0.717) is 13.1 Å². The lowest BCUT2D eigenvalue weighted by Crippen LogP contribution is -2.41. The molecule has 8 nitrogen and oxygen atoms in total. The van der Waals surface area contributed by atoms with Gasteiger partial charge in [0.05, 0.1) is 25.9 Å². The maximum atomic E-state index is 5.96. The lowest BCUT2D eigenvalue weighted by atomic mass is 10.2. The summed E-state index contributed by atoms with van der Waals surface area (Å²) in [5.74, 6) is 2.30. The van der Waals surface area contributed by atoms with E-state index in [4.69, 9.17) is 9.47 Å². The monoisotopic (exact) mass is 536 g/mol. The minimum absolute atomic E-state index is 0. The first-order chi connectivity index (χ1) is 14.7. The van der Waals surface area contributed by atoms with Gasteiger partial charge < -0.3 is 20.1 Å². The fourth-order valence-corrected chi connectivity index (χ4v) is 2.80. The molecule has 0 aliphatic carbocycles. The van der Waals surface area contributed by atoms with Crippen LogP contribution in [0.15, 0.2) is 66.2 Å². The van der Waals surface area contributed by atoms with Gasteiger partial charge in [-0.25, -0.2) is 14.7 Å². The molecule has 3 rings (SSSR count). The molecule has 0 spiro atoms. The number of rotatable bonds is 9. The van der Waals surface area contributed by atoms with Crippen molar-refractivity contribution in [3.05, 3.63) is 66.7 Å². The van der Waals surface area contributed by atoms with E-state index in [-0.39, 0.29) is 30.1 Å². The molecule has 1 unspecified atom stereocenters. The number of hydrogen-bond acceptors (Lipinski definition) is 5. The van der Waals surface area contributed by atoms with Gasteiger partial charge in [0.15, 0.2) is 5.96 Å². The van der Waals surface area contributed by atoms with Gasteiger partial charge in [-0.1, -0.05) is 18.2 Å². The van der Waals surface area contributed by atoms with Gasteiger partial charge in [0.1, 0.15) is 30.3 Å². The van der Waals surface area contributed by atoms with Gasteiger partial charge in [-0.2, -0.15) is 5.10 Å². The normalized spacial score (nSPS) is 11.9. The maximum Gasteiger partial charge on any atom is 0.191 e. The largest absolute Gasteiger partial charge is 0.497 e. The third kappa shape index (κ3) is 7.74. The summed E-state index contributed by atoms with van der Waals surface area (Å²) in [5.41, 5.74) is 2.07. The number of aromatic nitrogens is 3. The SMILES string of the molecule is CCNC(=NCc1ccc(-n2cncn2)cc1)NCC(C)Oc1cccc(OC)c1.I. The Kier molecular flexibility index (Phi) is 10.1. The lowest BCUT2D eigenvalue weighted by Gasteiger charge is -2.18. The first kappa shape index (κ1) is 24.4. The van der Waals surface area contributed by atoms with Gasteiger partial charge in [-0.05, 0) is 43.7 Å². The Hall–Kier alpha value is -2.82. The molecule has 9 heteroatoms. The molecular weight excluding hydrogens is 507 g/mol. The summed E-state index contributed by atoms with van der Waals surface area (Å²) in [6.45, 7) is 6.02. The molecule has 0 bridgehead atoms. The fraction of sp³-hybridized carbons (Fsp3) is 0.318. The summed E-state index contributed by atoms with van der Waals surface area (Å²) in [5, 5.41) is 10.7. The summed E-state index contributed by atoms with van der Waals surface area (Å²) in [6, 6.07) is 15.7. The number of methoxy groups -OCH3 is 1. The van der Waals surface area contributed by atoms with Crippen LogP contribution < -0.4 is 20.1 Å². The summed E-state index contributed by atoms with van der Waals surface area (Å²) in [7, 11) is 1.64. The fourth-order valence-electron chi connectivity index (χ4n) is 2.80. The van der Waals surface area contributed by atoms with Crippen LogP contribution in [0.25, 0.3) is 5.69 Å². The molecular formula is C22H29IN6O2. The Morgan fingerprint density at radius 1 is 1.13 bits per heavy atom. The van der Waals surface area contributed by atoms with Gasteiger partial charge in [0.2, 0.25) is 0 Å². The van der Waals surface area contributed by atoms with Crippen molar-refractivity contribution in [3.8, 4) is 17.2 Å². The zero-order valence-electron chi connectivity index (χ0n) is 18.0. The van der Waals surface area contributed by atoms with Crippen LogP contribution >= 0.6 is 24.0 Å². The van der Waals surface area contributed by atoms with Gasteiger partial charge in [-0.15, -0.1) is 24.0 Å². The number of benzene rings is 2. The highest BCUT2D eigenvalue weighted by molar-refractivity contribution is 14.0. The molecule has 166 valence electrons. The number of halogens is 1. The molecule has 0 saturated carbocycles. The second-order valence-electron chi connectivity index (χ2n) is 6.69. The number of aliphatic imine (C=N–C) groups is 1. The molecule has 1 aromatic heterocycles. The molecule has 1 heterocycles. The van der Waals surface area contributed by atoms with Crippen molar-refractivity contribution in [2.75, 3.05) is 20.2 Å². The maximum absolute atomic E-state index is 5.96. The van der Waals surface area contributed by atoms with Crippen molar-refractivity contribution < 1.29 is 9.47 Å². The van der Waals surface area contributed by atoms with Crippen molar-refractivity contribution in [3.63, 3.8) is 0 Å². The average Bonchev–Trinajstić information content (AvgIpc) is 3.31. The smallest absolute Gasteiger partial charge is 0.191 e. The molecule has 0 fully saturated rings. The van der Waals surface area contributed by atoms with Crippen molar-refractivity contribution in [1.82, 2.24) is 25.4 Å². The Morgan fingerprint density at radius 3 is 2.58 bits per heavy atom. The molecule has 2 N–H and O–H groups in total. The first-order valence-electron chi connectivity index (χ1n) is 9.94. The summed E-state index contributed by atoms with van der Waals surface area (Å²) < 4.78 is 12.9. The van der Waals surface area contributed by atoms with Crippen LogP contribution in [-0.4, -0.2) is 47.0 Å². The molecule has 0 amide bonds. The highest BCUT2D eigenvalue weighted by Crippen LogP contribution is 2.19. The summed E-state index contributed by atoms with van der Waals surface area (Å²) in [6.07, 6.45) is 3.16. The molecule has 31 heavy (non-hydrogen) atoms. The molecule has 3 aromatic rings. The summed E-state index contributed by atoms with van der Waals surface area (Å²) in [4.78, 5) is 8.63. The van der Waals surface area contributed by atoms with Crippen molar-refractivity contribution in [2.24, 2.45) is 4.99 Å². The number of guanidine groups is 1.